The van der Waals surface area contributed by atoms with Crippen LogP contribution in [0.25, 0.3) is 0 Å². The Morgan fingerprint density at radius 1 is 1.53 bits per heavy atom. The maximum atomic E-state index is 10.5. The van der Waals surface area contributed by atoms with Gasteiger partial charge in [-0.2, -0.15) is 5.10 Å². The molecule has 0 radical (unpaired) electrons. The summed E-state index contributed by atoms with van der Waals surface area (Å²) in [6.45, 7) is 6.68. The second kappa shape index (κ2) is 5.06. The van der Waals surface area contributed by atoms with Gasteiger partial charge < -0.3 is 14.7 Å². The van der Waals surface area contributed by atoms with E-state index < -0.39 is 6.10 Å². The number of aliphatic hydroxyl groups is 1. The number of ether oxygens (including phenoxy) is 1. The van der Waals surface area contributed by atoms with Crippen molar-refractivity contribution in [2.75, 3.05) is 21.2 Å². The summed E-state index contributed by atoms with van der Waals surface area (Å²) in [6, 6.07) is 0. The number of rotatable bonds is 5. The van der Waals surface area contributed by atoms with E-state index in [4.69, 9.17) is 4.74 Å². The topological polar surface area (TPSA) is 50.5 Å². The molecule has 1 unspecified atom stereocenters. The Morgan fingerprint density at radius 3 is 2.53 bits per heavy atom. The van der Waals surface area contributed by atoms with Crippen LogP contribution in [-0.4, -0.2) is 46.5 Å². The van der Waals surface area contributed by atoms with Crippen molar-refractivity contribution < 1.29 is 9.84 Å². The van der Waals surface area contributed by atoms with Gasteiger partial charge in [-0.1, -0.05) is 0 Å². The number of nitrogens with zero attached hydrogens (tertiary/aromatic N) is 3. The molecule has 98 valence electrons. The minimum absolute atomic E-state index is 0.389. The van der Waals surface area contributed by atoms with Gasteiger partial charge in [-0.15, -0.1) is 0 Å². The predicted octanol–water partition coefficient (Wildman–Crippen LogP) is 1.29. The minimum atomic E-state index is -0.658. The first-order chi connectivity index (χ1) is 7.86. The van der Waals surface area contributed by atoms with Crippen molar-refractivity contribution in [1.82, 2.24) is 14.7 Å². The Labute approximate surface area is 103 Å². The number of likely N-dealkylation sites (N-methyl/N-ethyl adjacent to an activating group) is 1. The third-order valence-electron chi connectivity index (χ3n) is 3.45. The molecule has 0 spiro atoms. The molecule has 1 atom stereocenters. The van der Waals surface area contributed by atoms with E-state index in [0.29, 0.717) is 12.3 Å². The van der Waals surface area contributed by atoms with Gasteiger partial charge in [-0.05, 0) is 34.9 Å². The molecule has 0 bridgehead atoms. The fourth-order valence-electron chi connectivity index (χ4n) is 1.64. The van der Waals surface area contributed by atoms with Gasteiger partial charge in [-0.25, -0.2) is 0 Å². The summed E-state index contributed by atoms with van der Waals surface area (Å²) in [6.07, 6.45) is 0.989. The Morgan fingerprint density at radius 2 is 2.12 bits per heavy atom. The highest BCUT2D eigenvalue weighted by atomic mass is 16.5. The van der Waals surface area contributed by atoms with Crippen LogP contribution < -0.4 is 4.74 Å². The molecule has 0 fully saturated rings. The largest absolute Gasteiger partial charge is 0.493 e. The third kappa shape index (κ3) is 2.45. The highest BCUT2D eigenvalue weighted by Gasteiger charge is 2.35. The predicted molar refractivity (Wildman–Crippen MR) is 67.2 cm³/mol. The summed E-state index contributed by atoms with van der Waals surface area (Å²) in [5.74, 6) is 0.634. The highest BCUT2D eigenvalue weighted by Crippen LogP contribution is 2.34. The first-order valence-electron chi connectivity index (χ1n) is 5.81. The standard InChI is InChI=1S/C12H23N3O2/c1-7-15-10(9(17-6)8-13-15)11(16)12(2,3)14(4)5/h8,11,16H,7H2,1-6H3. The fraction of sp³-hybridized carbons (Fsp3) is 0.750. The van der Waals surface area contributed by atoms with Crippen molar-refractivity contribution >= 4 is 0 Å². The average Bonchev–Trinajstić information content (AvgIpc) is 2.69. The molecule has 0 aliphatic heterocycles. The molecule has 1 aromatic rings. The second-order valence-electron chi connectivity index (χ2n) is 4.86. The lowest BCUT2D eigenvalue weighted by Crippen LogP contribution is -2.44. The number of aromatic nitrogens is 2. The molecule has 0 aliphatic rings. The van der Waals surface area contributed by atoms with E-state index in [1.54, 1.807) is 18.0 Å². The third-order valence-corrected chi connectivity index (χ3v) is 3.45. The summed E-state index contributed by atoms with van der Waals surface area (Å²) in [5, 5.41) is 14.8. The van der Waals surface area contributed by atoms with Crippen LogP contribution in [0.3, 0.4) is 0 Å². The summed E-state index contributed by atoms with van der Waals surface area (Å²) < 4.78 is 7.03. The van der Waals surface area contributed by atoms with Gasteiger partial charge in [0, 0.05) is 12.1 Å². The molecule has 1 heterocycles. The normalized spacial score (nSPS) is 14.1. The SMILES string of the molecule is CCn1ncc(OC)c1C(O)C(C)(C)N(C)C. The molecule has 0 amide bonds. The highest BCUT2D eigenvalue weighted by molar-refractivity contribution is 5.29. The molecule has 1 aromatic heterocycles. The molecule has 17 heavy (non-hydrogen) atoms. The number of aryl methyl sites for hydroxylation is 1. The summed E-state index contributed by atoms with van der Waals surface area (Å²) in [7, 11) is 5.49. The lowest BCUT2D eigenvalue weighted by molar-refractivity contribution is 0.00929. The van der Waals surface area contributed by atoms with Gasteiger partial charge in [0.05, 0.1) is 13.3 Å². The van der Waals surface area contributed by atoms with Crippen LogP contribution in [0.4, 0.5) is 0 Å². The molecule has 1 N–H and O–H groups in total. The number of methoxy groups -OCH3 is 1. The van der Waals surface area contributed by atoms with Crippen LogP contribution in [0.2, 0.25) is 0 Å². The lowest BCUT2D eigenvalue weighted by Gasteiger charge is -2.37. The van der Waals surface area contributed by atoms with Crippen LogP contribution in [0.15, 0.2) is 6.20 Å². The fourth-order valence-corrected chi connectivity index (χ4v) is 1.64. The van der Waals surface area contributed by atoms with E-state index in [2.05, 4.69) is 5.10 Å². The van der Waals surface area contributed by atoms with Crippen LogP contribution in [0.1, 0.15) is 32.6 Å². The van der Waals surface area contributed by atoms with Crippen molar-refractivity contribution in [2.24, 2.45) is 0 Å². The monoisotopic (exact) mass is 241 g/mol. The maximum Gasteiger partial charge on any atom is 0.162 e. The molecular weight excluding hydrogens is 218 g/mol. The molecule has 0 aromatic carbocycles. The van der Waals surface area contributed by atoms with Crippen molar-refractivity contribution in [1.29, 1.82) is 0 Å². The van der Waals surface area contributed by atoms with Gasteiger partial charge in [-0.3, -0.25) is 4.68 Å². The van der Waals surface area contributed by atoms with Crippen LogP contribution in [0, 0.1) is 0 Å². The zero-order valence-electron chi connectivity index (χ0n) is 11.6. The Kier molecular flexibility index (Phi) is 4.16. The quantitative estimate of drug-likeness (QED) is 0.844. The van der Waals surface area contributed by atoms with Crippen molar-refractivity contribution in [3.63, 3.8) is 0 Å². The maximum absolute atomic E-state index is 10.5. The van der Waals surface area contributed by atoms with Crippen LogP contribution in [-0.2, 0) is 6.54 Å². The molecule has 5 heteroatoms. The van der Waals surface area contributed by atoms with Crippen molar-refractivity contribution in [3.05, 3.63) is 11.9 Å². The Hall–Kier alpha value is -1.07. The summed E-state index contributed by atoms with van der Waals surface area (Å²) in [4.78, 5) is 1.99. The zero-order chi connectivity index (χ0) is 13.2. The second-order valence-corrected chi connectivity index (χ2v) is 4.86. The van der Waals surface area contributed by atoms with E-state index in [9.17, 15) is 5.11 Å². The molecule has 0 aliphatic carbocycles. The number of hydrogen-bond acceptors (Lipinski definition) is 4. The number of hydrogen-bond donors (Lipinski definition) is 1. The number of aliphatic hydroxyl groups excluding tert-OH is 1. The van der Waals surface area contributed by atoms with Gasteiger partial charge >= 0.3 is 0 Å². The molecule has 1 rings (SSSR count). The Bertz CT molecular complexity index is 350. The van der Waals surface area contributed by atoms with Crippen LogP contribution in [0.5, 0.6) is 5.75 Å². The summed E-state index contributed by atoms with van der Waals surface area (Å²) >= 11 is 0. The van der Waals surface area contributed by atoms with Gasteiger partial charge in [0.25, 0.3) is 0 Å². The van der Waals surface area contributed by atoms with Crippen molar-refractivity contribution in [3.8, 4) is 5.75 Å². The molecule has 0 saturated carbocycles. The zero-order valence-corrected chi connectivity index (χ0v) is 11.6. The smallest absolute Gasteiger partial charge is 0.162 e. The van der Waals surface area contributed by atoms with Crippen LogP contribution >= 0.6 is 0 Å². The first-order valence-corrected chi connectivity index (χ1v) is 5.81. The summed E-state index contributed by atoms with van der Waals surface area (Å²) in [5.41, 5.74) is 0.342. The van der Waals surface area contributed by atoms with E-state index in [-0.39, 0.29) is 5.54 Å². The van der Waals surface area contributed by atoms with Gasteiger partial charge in [0.1, 0.15) is 11.8 Å². The van der Waals surface area contributed by atoms with E-state index in [1.807, 2.05) is 39.8 Å². The van der Waals surface area contributed by atoms with Gasteiger partial charge in [0.2, 0.25) is 0 Å². The van der Waals surface area contributed by atoms with Crippen molar-refractivity contribution in [2.45, 2.75) is 39.0 Å². The molecular formula is C12H23N3O2. The molecule has 0 saturated heterocycles. The van der Waals surface area contributed by atoms with E-state index in [1.165, 1.54) is 0 Å². The van der Waals surface area contributed by atoms with E-state index >= 15 is 0 Å². The first kappa shape index (κ1) is 14.0. The molecule has 5 nitrogen and oxygen atoms in total. The average molecular weight is 241 g/mol. The van der Waals surface area contributed by atoms with Gasteiger partial charge in [0.15, 0.2) is 5.75 Å². The lowest BCUT2D eigenvalue weighted by atomic mass is 9.93. The minimum Gasteiger partial charge on any atom is -0.493 e. The Balaban J connectivity index is 3.18. The van der Waals surface area contributed by atoms with E-state index in [0.717, 1.165) is 5.69 Å².